The van der Waals surface area contributed by atoms with Crippen molar-refractivity contribution in [3.8, 4) is 0 Å². The van der Waals surface area contributed by atoms with E-state index in [2.05, 4.69) is 25.7 Å². The molecule has 4 nitrogen and oxygen atoms in total. The van der Waals surface area contributed by atoms with Crippen molar-refractivity contribution in [2.24, 2.45) is 5.41 Å². The van der Waals surface area contributed by atoms with Crippen molar-refractivity contribution >= 4 is 5.97 Å². The van der Waals surface area contributed by atoms with Gasteiger partial charge in [0.1, 0.15) is 0 Å². The molecule has 18 heavy (non-hydrogen) atoms. The maximum absolute atomic E-state index is 10.2. The number of aliphatic carboxylic acids is 1. The van der Waals surface area contributed by atoms with Crippen LogP contribution >= 0.6 is 0 Å². The summed E-state index contributed by atoms with van der Waals surface area (Å²) < 4.78 is 0. The van der Waals surface area contributed by atoms with Crippen molar-refractivity contribution in [2.45, 2.75) is 79.2 Å². The summed E-state index contributed by atoms with van der Waals surface area (Å²) in [4.78, 5) is 14.1. The number of unbranched alkanes of at least 4 members (excludes halogenated alkanes) is 2. The van der Waals surface area contributed by atoms with E-state index in [1.807, 2.05) is 0 Å². The summed E-state index contributed by atoms with van der Waals surface area (Å²) in [6, 6.07) is 0. The number of rotatable bonds is 5. The first-order valence-corrected chi connectivity index (χ1v) is 6.52. The van der Waals surface area contributed by atoms with Gasteiger partial charge in [-0.3, -0.25) is 10.1 Å². The van der Waals surface area contributed by atoms with Gasteiger partial charge in [-0.05, 0) is 39.0 Å². The first-order valence-electron chi connectivity index (χ1n) is 6.52. The summed E-state index contributed by atoms with van der Waals surface area (Å²) in [5.41, 5.74) is -0.0107. The van der Waals surface area contributed by atoms with Crippen LogP contribution < -0.4 is 0 Å². The van der Waals surface area contributed by atoms with Gasteiger partial charge in [0.05, 0.1) is 5.60 Å². The van der Waals surface area contributed by atoms with Crippen LogP contribution in [0.1, 0.15) is 73.6 Å². The maximum atomic E-state index is 10.2. The molecular formula is C14H30O4. The highest BCUT2D eigenvalue weighted by atomic mass is 17.1. The maximum Gasteiger partial charge on any atom is 0.303 e. The molecule has 0 saturated carbocycles. The van der Waals surface area contributed by atoms with Crippen LogP contribution in [0.5, 0.6) is 0 Å². The van der Waals surface area contributed by atoms with Crippen LogP contribution in [0.2, 0.25) is 0 Å². The molecule has 110 valence electrons. The van der Waals surface area contributed by atoms with Crippen molar-refractivity contribution in [3.05, 3.63) is 0 Å². The standard InChI is InChI=1S/C10H20O2.C4H10O2/c1-10(2,3)8-6-4-5-7-9(11)12;1-4(2,3)6-5/h4-8H2,1-3H3,(H,11,12);5H,1-3H3. The normalized spacial score (nSPS) is 11.7. The zero-order valence-electron chi connectivity index (χ0n) is 12.7. The molecule has 0 aromatic carbocycles. The van der Waals surface area contributed by atoms with Gasteiger partial charge in [-0.2, -0.15) is 0 Å². The highest BCUT2D eigenvalue weighted by Crippen LogP contribution is 2.22. The summed E-state index contributed by atoms with van der Waals surface area (Å²) in [5.74, 6) is -0.675. The van der Waals surface area contributed by atoms with Crippen LogP contribution in [0.4, 0.5) is 0 Å². The van der Waals surface area contributed by atoms with Gasteiger partial charge in [0.2, 0.25) is 0 Å². The van der Waals surface area contributed by atoms with E-state index in [0.29, 0.717) is 11.8 Å². The van der Waals surface area contributed by atoms with Crippen molar-refractivity contribution in [1.82, 2.24) is 0 Å². The van der Waals surface area contributed by atoms with Crippen LogP contribution in [-0.2, 0) is 9.68 Å². The molecule has 0 amide bonds. The zero-order chi connectivity index (χ0) is 14.8. The lowest BCUT2D eigenvalue weighted by atomic mass is 9.89. The van der Waals surface area contributed by atoms with Crippen molar-refractivity contribution < 1.29 is 20.0 Å². The predicted molar refractivity (Wildman–Crippen MR) is 73.6 cm³/mol. The van der Waals surface area contributed by atoms with E-state index in [-0.39, 0.29) is 0 Å². The van der Waals surface area contributed by atoms with Crippen LogP contribution in [0.15, 0.2) is 0 Å². The fourth-order valence-corrected chi connectivity index (χ4v) is 1.11. The summed E-state index contributed by atoms with van der Waals surface area (Å²) in [5, 5.41) is 16.3. The number of carboxylic acid groups (broad SMARTS) is 1. The van der Waals surface area contributed by atoms with E-state index in [1.165, 1.54) is 6.42 Å². The highest BCUT2D eigenvalue weighted by Gasteiger charge is 2.09. The summed E-state index contributed by atoms with van der Waals surface area (Å²) in [6.45, 7) is 11.9. The van der Waals surface area contributed by atoms with Crippen molar-refractivity contribution in [1.29, 1.82) is 0 Å². The molecule has 2 N–H and O–H groups in total. The summed E-state index contributed by atoms with van der Waals surface area (Å²) in [6.07, 6.45) is 4.53. The van der Waals surface area contributed by atoms with Gasteiger partial charge in [-0.25, -0.2) is 4.89 Å². The molecule has 0 aliphatic heterocycles. The van der Waals surface area contributed by atoms with E-state index >= 15 is 0 Å². The molecule has 0 bridgehead atoms. The van der Waals surface area contributed by atoms with Gasteiger partial charge in [0.25, 0.3) is 0 Å². The fourth-order valence-electron chi connectivity index (χ4n) is 1.11. The minimum Gasteiger partial charge on any atom is -0.481 e. The molecule has 0 aliphatic carbocycles. The van der Waals surface area contributed by atoms with E-state index in [9.17, 15) is 4.79 Å². The molecule has 0 radical (unpaired) electrons. The topological polar surface area (TPSA) is 66.8 Å². The van der Waals surface area contributed by atoms with Gasteiger partial charge >= 0.3 is 5.97 Å². The lowest BCUT2D eigenvalue weighted by Crippen LogP contribution is -2.15. The van der Waals surface area contributed by atoms with E-state index in [1.54, 1.807) is 20.8 Å². The Kier molecular flexibility index (Phi) is 10.2. The Morgan fingerprint density at radius 2 is 1.44 bits per heavy atom. The molecule has 0 atom stereocenters. The van der Waals surface area contributed by atoms with Gasteiger partial charge in [0.15, 0.2) is 0 Å². The Labute approximate surface area is 111 Å². The van der Waals surface area contributed by atoms with Gasteiger partial charge in [-0.1, -0.05) is 33.6 Å². The average molecular weight is 262 g/mol. The lowest BCUT2D eigenvalue weighted by molar-refractivity contribution is -0.306. The smallest absolute Gasteiger partial charge is 0.303 e. The van der Waals surface area contributed by atoms with E-state index < -0.39 is 11.6 Å². The van der Waals surface area contributed by atoms with Crippen molar-refractivity contribution in [2.75, 3.05) is 0 Å². The van der Waals surface area contributed by atoms with Crippen LogP contribution in [0.25, 0.3) is 0 Å². The SMILES string of the molecule is CC(C)(C)CCCCCC(=O)O.CC(C)(C)OO. The van der Waals surface area contributed by atoms with E-state index in [4.69, 9.17) is 10.4 Å². The molecule has 0 saturated heterocycles. The average Bonchev–Trinajstić information content (AvgIpc) is 2.15. The first-order chi connectivity index (χ1) is 7.98. The molecule has 4 heteroatoms. The molecule has 0 spiro atoms. The van der Waals surface area contributed by atoms with Crippen molar-refractivity contribution in [3.63, 3.8) is 0 Å². The monoisotopic (exact) mass is 262 g/mol. The molecule has 0 rings (SSSR count). The second-order valence-electron chi connectivity index (χ2n) is 6.72. The Hall–Kier alpha value is -0.610. The molecule has 0 aromatic rings. The quantitative estimate of drug-likeness (QED) is 0.439. The first kappa shape index (κ1) is 19.7. The van der Waals surface area contributed by atoms with Crippen LogP contribution in [-0.4, -0.2) is 21.9 Å². The Morgan fingerprint density at radius 3 is 1.72 bits per heavy atom. The lowest BCUT2D eigenvalue weighted by Gasteiger charge is -2.17. The molecule has 0 fully saturated rings. The van der Waals surface area contributed by atoms with E-state index in [0.717, 1.165) is 19.3 Å². The molecule has 0 aliphatic rings. The van der Waals surface area contributed by atoms with Crippen LogP contribution in [0.3, 0.4) is 0 Å². The third-order valence-corrected chi connectivity index (χ3v) is 2.09. The molecule has 0 aromatic heterocycles. The summed E-state index contributed by atoms with van der Waals surface area (Å²) >= 11 is 0. The van der Waals surface area contributed by atoms with Gasteiger partial charge < -0.3 is 5.11 Å². The number of hydrogen-bond acceptors (Lipinski definition) is 3. The van der Waals surface area contributed by atoms with Crippen LogP contribution in [0, 0.1) is 5.41 Å². The van der Waals surface area contributed by atoms with Gasteiger partial charge in [0, 0.05) is 6.42 Å². The molecule has 0 unspecified atom stereocenters. The predicted octanol–water partition coefficient (Wildman–Crippen LogP) is 4.34. The summed E-state index contributed by atoms with van der Waals surface area (Å²) in [7, 11) is 0. The third kappa shape index (κ3) is 24.6. The Bertz CT molecular complexity index is 211. The zero-order valence-corrected chi connectivity index (χ0v) is 12.7. The largest absolute Gasteiger partial charge is 0.481 e. The third-order valence-electron chi connectivity index (χ3n) is 2.09. The number of hydrogen-bond donors (Lipinski definition) is 2. The number of carbonyl (C=O) groups is 1. The second-order valence-corrected chi connectivity index (χ2v) is 6.72. The number of carboxylic acids is 1. The second kappa shape index (κ2) is 9.34. The Morgan fingerprint density at radius 1 is 1.00 bits per heavy atom. The highest BCUT2D eigenvalue weighted by molar-refractivity contribution is 5.66. The molecule has 0 heterocycles. The minimum absolute atomic E-state index is 0.324. The Balaban J connectivity index is 0. The van der Waals surface area contributed by atoms with Gasteiger partial charge in [-0.15, -0.1) is 0 Å². The minimum atomic E-state index is -0.675. The molecular weight excluding hydrogens is 232 g/mol. The fraction of sp³-hybridized carbons (Fsp3) is 0.929.